The van der Waals surface area contributed by atoms with Crippen molar-refractivity contribution in [1.29, 1.82) is 0 Å². The number of rotatable bonds is 26. The van der Waals surface area contributed by atoms with Crippen LogP contribution in [-0.4, -0.2) is 176 Å². The van der Waals surface area contributed by atoms with Crippen LogP contribution in [0.5, 0.6) is 5.75 Å². The number of nitrogens with two attached hydrogens (primary N) is 1. The molecular formula is C60H82BrCl2FN8O16. The Hall–Kier alpha value is -6.07. The minimum atomic E-state index is -1.95. The summed E-state index contributed by atoms with van der Waals surface area (Å²) in [7, 11) is 5.54. The lowest BCUT2D eigenvalue weighted by molar-refractivity contribution is -0.158. The SMILES string of the molecule is C=C(CBr)C(=O)OCCCCC(C=O)N[C@H](C(=O)N[C@@H](CCCNC(N)O)C(=O)Nc1cc(Cl)c(C(=O)N(C)[C@@H](C)C(=O)O[C@H]2CC(=O)N(C)c3cc(cc(OC)c3Cl)C/C(C)=C/C=C/[C@@H](OC)[C@@]3(O)C[C@H](OC(=O)N3)[C@@H](C)[C@@H]3O[C@@]23C)cc1F)C(C)C. The van der Waals surface area contributed by atoms with Crippen molar-refractivity contribution in [1.82, 2.24) is 26.2 Å². The molecule has 3 aliphatic rings. The van der Waals surface area contributed by atoms with Crippen LogP contribution in [0, 0.1) is 17.7 Å². The van der Waals surface area contributed by atoms with Crippen LogP contribution in [0.1, 0.15) is 102 Å². The smallest absolute Gasteiger partial charge is 0.409 e. The van der Waals surface area contributed by atoms with Gasteiger partial charge in [0.1, 0.15) is 58.9 Å². The van der Waals surface area contributed by atoms with Crippen molar-refractivity contribution in [2.75, 3.05) is 57.0 Å². The van der Waals surface area contributed by atoms with Gasteiger partial charge >= 0.3 is 18.0 Å². The topological polar surface area (TPSA) is 328 Å². The summed E-state index contributed by atoms with van der Waals surface area (Å²) in [6.45, 7) is 13.8. The normalized spacial score (nSPS) is 24.7. The number of benzene rings is 2. The van der Waals surface area contributed by atoms with E-state index in [0.29, 0.717) is 31.1 Å². The third-order valence-electron chi connectivity index (χ3n) is 15.8. The van der Waals surface area contributed by atoms with E-state index in [2.05, 4.69) is 49.1 Å². The van der Waals surface area contributed by atoms with Gasteiger partial charge in [-0.3, -0.25) is 40.9 Å². The Balaban J connectivity index is 1.36. The minimum Gasteiger partial charge on any atom is -0.495 e. The Labute approximate surface area is 530 Å². The number of likely N-dealkylation sites (N-methyl/N-ethyl adjacent to an activating group) is 1. The molecule has 4 bridgehead atoms. The highest BCUT2D eigenvalue weighted by atomic mass is 79.9. The zero-order chi connectivity index (χ0) is 65.5. The van der Waals surface area contributed by atoms with Gasteiger partial charge in [0.2, 0.25) is 17.7 Å². The fourth-order valence-electron chi connectivity index (χ4n) is 10.3. The molecule has 0 aromatic heterocycles. The predicted octanol–water partition coefficient (Wildman–Crippen LogP) is 5.49. The number of carbonyl (C=O) groups excluding carboxylic acids is 8. The van der Waals surface area contributed by atoms with Gasteiger partial charge in [0.05, 0.1) is 60.3 Å². The standard InChI is InChI=1S/C60H82BrCl2FN8O16/c1-31(2)50(67-37(30-73)17-12-13-21-85-55(78)33(4)29-61)53(76)68-41(18-15-20-66-57(65)80)52(75)69-42-26-39(62)38(25-40(42)64)54(77)71(8)35(6)56(79)87-47-27-48(74)72(9)43-23-36(24-44(83-10)49(43)63)22-32(3)16-14-19-46(84-11)60(82)28-45(86-58(81)70-60)34(5)51-59(47,7)88-51/h14,16,19,23-26,30-31,34-35,37,41,45-47,50-51,57,66-67,80,82H,4,12-13,15,17-18,20-22,27-29,65H2,1-3,5-11H3,(H,68,76)(H,69,75)(H,70,81)/b19-14+,32-16+/t34-,35+,37?,41+,45+,46-,47+,50+,51+,57?,59+,60+/m1/s1. The summed E-state index contributed by atoms with van der Waals surface area (Å²) in [5, 5.41) is 34.7. The quantitative estimate of drug-likeness (QED) is 0.00843. The number of nitrogens with zero attached hydrogens (tertiary/aromatic N) is 2. The van der Waals surface area contributed by atoms with Crippen LogP contribution in [-0.2, 0) is 58.9 Å². The number of alkyl halides is 1. The number of aldehydes is 1. The van der Waals surface area contributed by atoms with E-state index in [0.717, 1.165) is 22.6 Å². The van der Waals surface area contributed by atoms with Crippen molar-refractivity contribution in [3.8, 4) is 5.75 Å². The molecular weight excluding hydrogens is 1260 g/mol. The van der Waals surface area contributed by atoms with Gasteiger partial charge in [0.15, 0.2) is 12.1 Å². The average molecular weight is 1340 g/mol. The number of aliphatic hydroxyl groups is 2. The third kappa shape index (κ3) is 19.0. The Morgan fingerprint density at radius 3 is 2.42 bits per heavy atom. The number of fused-ring (bicyclic) bond motifs is 5. The van der Waals surface area contributed by atoms with Crippen molar-refractivity contribution in [2.45, 2.75) is 159 Å². The summed E-state index contributed by atoms with van der Waals surface area (Å²) in [4.78, 5) is 111. The summed E-state index contributed by atoms with van der Waals surface area (Å²) < 4.78 is 50.8. The fourth-order valence-corrected chi connectivity index (χ4v) is 11.0. The van der Waals surface area contributed by atoms with E-state index in [9.17, 15) is 48.6 Å². The number of unbranched alkanes of at least 4 members (excludes halogenated alkanes) is 1. The molecule has 9 N–H and O–H groups in total. The van der Waals surface area contributed by atoms with Crippen LogP contribution >= 0.6 is 39.1 Å². The number of esters is 2. The molecule has 28 heteroatoms. The number of carbonyl (C=O) groups is 8. The zero-order valence-electron chi connectivity index (χ0n) is 51.0. The number of ether oxygens (including phenoxy) is 6. The molecule has 24 nitrogen and oxygen atoms in total. The maximum Gasteiger partial charge on any atom is 0.409 e. The first kappa shape index (κ1) is 72.7. The molecule has 0 aliphatic carbocycles. The number of anilines is 2. The second-order valence-corrected chi connectivity index (χ2v) is 24.1. The molecule has 5 amide bonds. The molecule has 2 aromatic rings. The minimum absolute atomic E-state index is 0.0543. The highest BCUT2D eigenvalue weighted by Crippen LogP contribution is 2.49. The number of allylic oxidation sites excluding steroid dienone is 3. The van der Waals surface area contributed by atoms with Gasteiger partial charge in [-0.25, -0.2) is 18.8 Å². The molecule has 486 valence electrons. The molecule has 3 heterocycles. The van der Waals surface area contributed by atoms with Crippen molar-refractivity contribution < 1.29 is 81.4 Å². The van der Waals surface area contributed by atoms with E-state index >= 15 is 4.39 Å². The van der Waals surface area contributed by atoms with Crippen LogP contribution in [0.2, 0.25) is 10.0 Å². The molecule has 2 unspecified atom stereocenters. The van der Waals surface area contributed by atoms with Gasteiger partial charge in [-0.05, 0) is 102 Å². The molecule has 3 aliphatic heterocycles. The van der Waals surface area contributed by atoms with Crippen molar-refractivity contribution in [2.24, 2.45) is 17.6 Å². The zero-order valence-corrected chi connectivity index (χ0v) is 54.1. The highest BCUT2D eigenvalue weighted by molar-refractivity contribution is 9.09. The Morgan fingerprint density at radius 1 is 1.08 bits per heavy atom. The monoisotopic (exact) mass is 1340 g/mol. The second kappa shape index (κ2) is 32.6. The van der Waals surface area contributed by atoms with E-state index in [1.54, 1.807) is 58.1 Å². The van der Waals surface area contributed by atoms with Crippen molar-refractivity contribution in [3.05, 3.63) is 87.2 Å². The molecule has 0 saturated carbocycles. The molecule has 0 spiro atoms. The maximum atomic E-state index is 16.2. The first-order valence-corrected chi connectivity index (χ1v) is 30.6. The lowest BCUT2D eigenvalue weighted by atomic mass is 9.83. The fraction of sp³-hybridized carbons (Fsp3) is 0.567. The first-order chi connectivity index (χ1) is 41.4. The van der Waals surface area contributed by atoms with Gasteiger partial charge in [-0.2, -0.15) is 0 Å². The van der Waals surface area contributed by atoms with E-state index in [-0.39, 0.29) is 71.2 Å². The van der Waals surface area contributed by atoms with E-state index in [1.165, 1.54) is 40.1 Å². The summed E-state index contributed by atoms with van der Waals surface area (Å²) in [6.07, 6.45) is 0.150. The first-order valence-electron chi connectivity index (χ1n) is 28.7. The van der Waals surface area contributed by atoms with Gasteiger partial charge in [0.25, 0.3) is 5.91 Å². The molecule has 5 rings (SSSR count). The predicted molar refractivity (Wildman–Crippen MR) is 329 cm³/mol. The van der Waals surface area contributed by atoms with Crippen LogP contribution in [0.15, 0.2) is 60.2 Å². The Kier molecular flexibility index (Phi) is 26.9. The van der Waals surface area contributed by atoms with Gasteiger partial charge in [-0.15, -0.1) is 0 Å². The van der Waals surface area contributed by atoms with Crippen molar-refractivity contribution >= 4 is 98.5 Å². The van der Waals surface area contributed by atoms with Crippen LogP contribution in [0.4, 0.5) is 20.6 Å². The number of epoxide rings is 1. The molecule has 12 atom stereocenters. The second-order valence-electron chi connectivity index (χ2n) is 22.7. The number of amides is 5. The molecule has 0 radical (unpaired) electrons. The van der Waals surface area contributed by atoms with Gasteiger partial charge in [0, 0.05) is 44.4 Å². The lowest BCUT2D eigenvalue weighted by Gasteiger charge is -2.42. The van der Waals surface area contributed by atoms with E-state index < -0.39 is 143 Å². The maximum absolute atomic E-state index is 16.2. The van der Waals surface area contributed by atoms with Crippen molar-refractivity contribution in [3.63, 3.8) is 0 Å². The highest BCUT2D eigenvalue weighted by Gasteiger charge is 2.64. The Bertz CT molecular complexity index is 2960. The third-order valence-corrected chi connectivity index (χ3v) is 17.1. The van der Waals surface area contributed by atoms with E-state index in [4.69, 9.17) is 57.4 Å². The summed E-state index contributed by atoms with van der Waals surface area (Å²) in [5.74, 6) is -6.61. The Morgan fingerprint density at radius 2 is 1.78 bits per heavy atom. The number of alkyl carbamates (subject to hydrolysis) is 1. The summed E-state index contributed by atoms with van der Waals surface area (Å²) in [5.41, 5.74) is 3.23. The molecule has 2 fully saturated rings. The van der Waals surface area contributed by atoms with Crippen LogP contribution in [0.25, 0.3) is 0 Å². The summed E-state index contributed by atoms with van der Waals surface area (Å²) >= 11 is 16.6. The number of halogens is 4. The largest absolute Gasteiger partial charge is 0.495 e. The van der Waals surface area contributed by atoms with Gasteiger partial charge < -0.3 is 63.9 Å². The number of aliphatic hydroxyl groups excluding tert-OH is 1. The molecule has 2 saturated heterocycles. The lowest BCUT2D eigenvalue weighted by Crippen LogP contribution is -2.63. The van der Waals surface area contributed by atoms with E-state index in [1.807, 2.05) is 6.92 Å². The average Bonchev–Trinajstić information content (AvgIpc) is 2.35. The summed E-state index contributed by atoms with van der Waals surface area (Å²) in [6, 6.07) is 0.621. The van der Waals surface area contributed by atoms with Crippen LogP contribution in [0.3, 0.4) is 0 Å². The number of hydrogen-bond donors (Lipinski definition) is 8. The number of nitrogens with one attached hydrogen (secondary N) is 5. The number of hydrogen-bond acceptors (Lipinski definition) is 19. The molecule has 88 heavy (non-hydrogen) atoms. The molecule has 2 aromatic carbocycles. The number of methoxy groups -OCH3 is 2. The van der Waals surface area contributed by atoms with Gasteiger partial charge in [-0.1, -0.05) is 90.3 Å². The van der Waals surface area contributed by atoms with Crippen LogP contribution < -0.4 is 42.0 Å².